The molecule has 0 aromatic heterocycles. The van der Waals surface area contributed by atoms with Crippen LogP contribution in [0.4, 0.5) is 0 Å². The van der Waals surface area contributed by atoms with Gasteiger partial charge in [0.1, 0.15) is 0 Å². The number of allylic oxidation sites excluding steroid dienone is 2. The average molecular weight is 731 g/mol. The van der Waals surface area contributed by atoms with Crippen LogP contribution in [0, 0.1) is 0 Å². The number of hydrogen-bond donors (Lipinski definition) is 0. The third-order valence-corrected chi connectivity index (χ3v) is 11.4. The van der Waals surface area contributed by atoms with E-state index in [4.69, 9.17) is 4.74 Å². The molecule has 310 valence electrons. The normalized spacial score (nSPS) is 11.7. The Hall–Kier alpha value is -0.790. The van der Waals surface area contributed by atoms with Gasteiger partial charge >= 0.3 is 5.97 Å². The molecule has 0 aliphatic rings. The molecule has 0 aromatic rings. The molecule has 0 rings (SSSR count). The molecule has 0 saturated heterocycles. The highest BCUT2D eigenvalue weighted by molar-refractivity contribution is 5.69. The standard InChI is InChI=1S/C50H98O2/c1-3-5-7-9-11-13-15-17-19-20-21-22-23-24-25-26-27-28-29-30-31-32-33-35-37-39-41-43-45-47-49-52-50(51)48-46-44-42-40-38-36-34-18-16-14-12-10-8-6-4-2/h14,16H,3-13,15,17-49H2,1-2H3/b16-14+. The Balaban J connectivity index is 3.14. The van der Waals surface area contributed by atoms with Crippen molar-refractivity contribution in [3.63, 3.8) is 0 Å². The Bertz CT molecular complexity index is 669. The highest BCUT2D eigenvalue weighted by atomic mass is 16.5. The number of rotatable bonds is 46. The Labute approximate surface area is 329 Å². The minimum Gasteiger partial charge on any atom is -0.466 e. The molecule has 0 atom stereocenters. The Morgan fingerprint density at radius 2 is 0.538 bits per heavy atom. The number of esters is 1. The molecule has 2 nitrogen and oxygen atoms in total. The number of ether oxygens (including phenoxy) is 1. The third-order valence-electron chi connectivity index (χ3n) is 11.4. The van der Waals surface area contributed by atoms with Crippen LogP contribution in [0.15, 0.2) is 12.2 Å². The summed E-state index contributed by atoms with van der Waals surface area (Å²) in [5.41, 5.74) is 0. The fourth-order valence-corrected chi connectivity index (χ4v) is 7.72. The lowest BCUT2D eigenvalue weighted by atomic mass is 10.0. The van der Waals surface area contributed by atoms with E-state index in [1.807, 2.05) is 0 Å². The van der Waals surface area contributed by atoms with Crippen LogP contribution in [-0.4, -0.2) is 12.6 Å². The summed E-state index contributed by atoms with van der Waals surface area (Å²) in [7, 11) is 0. The maximum absolute atomic E-state index is 12.0. The van der Waals surface area contributed by atoms with Crippen molar-refractivity contribution in [1.82, 2.24) is 0 Å². The van der Waals surface area contributed by atoms with Crippen molar-refractivity contribution in [1.29, 1.82) is 0 Å². The molecule has 0 aliphatic heterocycles. The molecule has 0 fully saturated rings. The summed E-state index contributed by atoms with van der Waals surface area (Å²) in [5.74, 6) is 0.0249. The first-order valence-electron chi connectivity index (χ1n) is 24.6. The summed E-state index contributed by atoms with van der Waals surface area (Å²) in [6.45, 7) is 5.21. The number of carbonyl (C=O) groups excluding carboxylic acids is 1. The summed E-state index contributed by atoms with van der Waals surface area (Å²) in [4.78, 5) is 12.0. The molecule has 0 saturated carbocycles. The maximum Gasteiger partial charge on any atom is 0.305 e. The van der Waals surface area contributed by atoms with Crippen LogP contribution in [0.1, 0.15) is 296 Å². The van der Waals surface area contributed by atoms with Gasteiger partial charge in [0.05, 0.1) is 6.61 Å². The van der Waals surface area contributed by atoms with Crippen LogP contribution < -0.4 is 0 Å². The lowest BCUT2D eigenvalue weighted by Crippen LogP contribution is -2.05. The minimum absolute atomic E-state index is 0.0249. The summed E-state index contributed by atoms with van der Waals surface area (Å²) >= 11 is 0. The van der Waals surface area contributed by atoms with Crippen LogP contribution in [-0.2, 0) is 9.53 Å². The molecule has 0 bridgehead atoms. The number of unbranched alkanes of at least 4 members (excludes halogenated alkanes) is 40. The van der Waals surface area contributed by atoms with E-state index in [9.17, 15) is 4.79 Å². The number of carbonyl (C=O) groups is 1. The van der Waals surface area contributed by atoms with E-state index in [-0.39, 0.29) is 5.97 Å². The van der Waals surface area contributed by atoms with Crippen LogP contribution in [0.2, 0.25) is 0 Å². The van der Waals surface area contributed by atoms with Crippen LogP contribution in [0.25, 0.3) is 0 Å². The highest BCUT2D eigenvalue weighted by Crippen LogP contribution is 2.17. The smallest absolute Gasteiger partial charge is 0.305 e. The van der Waals surface area contributed by atoms with E-state index < -0.39 is 0 Å². The summed E-state index contributed by atoms with van der Waals surface area (Å²) in [5, 5.41) is 0. The van der Waals surface area contributed by atoms with Crippen molar-refractivity contribution >= 4 is 5.97 Å². The molecule has 0 amide bonds. The second-order valence-corrected chi connectivity index (χ2v) is 16.8. The lowest BCUT2D eigenvalue weighted by Gasteiger charge is -2.06. The van der Waals surface area contributed by atoms with Gasteiger partial charge in [0, 0.05) is 6.42 Å². The Kier molecular flexibility index (Phi) is 47.5. The van der Waals surface area contributed by atoms with E-state index in [1.54, 1.807) is 0 Å². The summed E-state index contributed by atoms with van der Waals surface area (Å²) in [6, 6.07) is 0. The largest absolute Gasteiger partial charge is 0.466 e. The quantitative estimate of drug-likeness (QED) is 0.0354. The summed E-state index contributed by atoms with van der Waals surface area (Å²) < 4.78 is 5.48. The molecule has 0 radical (unpaired) electrons. The van der Waals surface area contributed by atoms with Gasteiger partial charge in [-0.25, -0.2) is 0 Å². The van der Waals surface area contributed by atoms with Crippen molar-refractivity contribution in [3.05, 3.63) is 12.2 Å². The highest BCUT2D eigenvalue weighted by Gasteiger charge is 2.03. The molecule has 0 aliphatic carbocycles. The van der Waals surface area contributed by atoms with Gasteiger partial charge in [-0.2, -0.15) is 0 Å². The monoisotopic (exact) mass is 731 g/mol. The Morgan fingerprint density at radius 3 is 0.846 bits per heavy atom. The second-order valence-electron chi connectivity index (χ2n) is 16.8. The van der Waals surface area contributed by atoms with E-state index >= 15 is 0 Å². The van der Waals surface area contributed by atoms with Crippen LogP contribution in [0.3, 0.4) is 0 Å². The van der Waals surface area contributed by atoms with Crippen molar-refractivity contribution < 1.29 is 9.53 Å². The zero-order chi connectivity index (χ0) is 37.5. The molecular formula is C50H98O2. The summed E-state index contributed by atoms with van der Waals surface area (Å²) in [6.07, 6.45) is 64.9. The fraction of sp³-hybridized carbons (Fsp3) is 0.940. The zero-order valence-electron chi connectivity index (χ0n) is 36.3. The molecule has 52 heavy (non-hydrogen) atoms. The van der Waals surface area contributed by atoms with Crippen molar-refractivity contribution in [2.45, 2.75) is 296 Å². The van der Waals surface area contributed by atoms with Gasteiger partial charge in [-0.05, 0) is 38.5 Å². The first kappa shape index (κ1) is 51.2. The second kappa shape index (κ2) is 48.2. The van der Waals surface area contributed by atoms with E-state index in [0.29, 0.717) is 13.0 Å². The molecule has 0 aromatic carbocycles. The maximum atomic E-state index is 12.0. The van der Waals surface area contributed by atoms with Gasteiger partial charge < -0.3 is 4.74 Å². The van der Waals surface area contributed by atoms with Gasteiger partial charge in [-0.1, -0.05) is 264 Å². The van der Waals surface area contributed by atoms with Crippen LogP contribution >= 0.6 is 0 Å². The average Bonchev–Trinajstić information content (AvgIpc) is 3.15. The first-order chi connectivity index (χ1) is 25.8. The molecular weight excluding hydrogens is 633 g/mol. The van der Waals surface area contributed by atoms with Crippen LogP contribution in [0.5, 0.6) is 0 Å². The van der Waals surface area contributed by atoms with Gasteiger partial charge in [0.15, 0.2) is 0 Å². The van der Waals surface area contributed by atoms with Gasteiger partial charge in [0.2, 0.25) is 0 Å². The predicted octanol–water partition coefficient (Wildman–Crippen LogP) is 18.3. The minimum atomic E-state index is 0.0249. The molecule has 0 spiro atoms. The molecule has 0 unspecified atom stereocenters. The van der Waals surface area contributed by atoms with Crippen molar-refractivity contribution in [3.8, 4) is 0 Å². The molecule has 2 heteroatoms. The van der Waals surface area contributed by atoms with Crippen molar-refractivity contribution in [2.75, 3.05) is 6.61 Å². The van der Waals surface area contributed by atoms with E-state index in [1.165, 1.54) is 263 Å². The zero-order valence-corrected chi connectivity index (χ0v) is 36.3. The molecule has 0 N–H and O–H groups in total. The Morgan fingerprint density at radius 1 is 0.308 bits per heavy atom. The first-order valence-corrected chi connectivity index (χ1v) is 24.6. The van der Waals surface area contributed by atoms with E-state index in [0.717, 1.165) is 12.8 Å². The third kappa shape index (κ3) is 47.2. The topological polar surface area (TPSA) is 26.3 Å². The van der Waals surface area contributed by atoms with Gasteiger partial charge in [-0.15, -0.1) is 0 Å². The van der Waals surface area contributed by atoms with Gasteiger partial charge in [0.25, 0.3) is 0 Å². The fourth-order valence-electron chi connectivity index (χ4n) is 7.72. The molecule has 0 heterocycles. The SMILES string of the molecule is CCCCCC/C=C/CCCCCCCCCC(=O)OCCCCCCCCCCCCCCCCCCCCCCCCCCCCCCCC. The number of hydrogen-bond acceptors (Lipinski definition) is 2. The van der Waals surface area contributed by atoms with E-state index in [2.05, 4.69) is 26.0 Å². The van der Waals surface area contributed by atoms with Crippen molar-refractivity contribution in [2.24, 2.45) is 0 Å². The van der Waals surface area contributed by atoms with Gasteiger partial charge in [-0.3, -0.25) is 4.79 Å². The lowest BCUT2D eigenvalue weighted by molar-refractivity contribution is -0.143. The predicted molar refractivity (Wildman–Crippen MR) is 235 cm³/mol.